The second-order valence-electron chi connectivity index (χ2n) is 2.83. The molecule has 0 amide bonds. The SMILES string of the molecule is CN1CCCN=C1C(N)C(=O)O. The van der Waals surface area contributed by atoms with Gasteiger partial charge in [-0.25, -0.2) is 0 Å². The van der Waals surface area contributed by atoms with Gasteiger partial charge in [-0.2, -0.15) is 0 Å². The summed E-state index contributed by atoms with van der Waals surface area (Å²) >= 11 is 0. The summed E-state index contributed by atoms with van der Waals surface area (Å²) in [6, 6.07) is -0.977. The van der Waals surface area contributed by atoms with Crippen LogP contribution in [-0.4, -0.2) is 48.0 Å². The fourth-order valence-corrected chi connectivity index (χ4v) is 1.18. The molecule has 3 N–H and O–H groups in total. The number of carboxylic acids is 1. The minimum Gasteiger partial charge on any atom is -0.480 e. The minimum absolute atomic E-state index is 0.480. The van der Waals surface area contributed by atoms with Crippen molar-refractivity contribution in [3.05, 3.63) is 0 Å². The van der Waals surface area contributed by atoms with Crippen molar-refractivity contribution in [3.63, 3.8) is 0 Å². The second-order valence-corrected chi connectivity index (χ2v) is 2.83. The normalized spacial score (nSPS) is 20.2. The zero-order valence-electron chi connectivity index (χ0n) is 7.03. The van der Waals surface area contributed by atoms with E-state index in [0.29, 0.717) is 12.4 Å². The molecule has 0 radical (unpaired) electrons. The molecule has 0 spiro atoms. The van der Waals surface area contributed by atoms with Crippen molar-refractivity contribution < 1.29 is 9.90 Å². The lowest BCUT2D eigenvalue weighted by atomic mass is 10.2. The van der Waals surface area contributed by atoms with Gasteiger partial charge in [-0.1, -0.05) is 0 Å². The van der Waals surface area contributed by atoms with Crippen molar-refractivity contribution in [2.45, 2.75) is 12.5 Å². The molecule has 1 aliphatic heterocycles. The Morgan fingerprint density at radius 2 is 2.50 bits per heavy atom. The number of nitrogens with zero attached hydrogens (tertiary/aromatic N) is 2. The molecule has 0 aromatic heterocycles. The third-order valence-corrected chi connectivity index (χ3v) is 1.86. The van der Waals surface area contributed by atoms with Crippen LogP contribution >= 0.6 is 0 Å². The maximum Gasteiger partial charge on any atom is 0.328 e. The summed E-state index contributed by atoms with van der Waals surface area (Å²) in [5, 5.41) is 8.62. The Bertz CT molecular complexity index is 215. The van der Waals surface area contributed by atoms with Crippen LogP contribution in [0.2, 0.25) is 0 Å². The summed E-state index contributed by atoms with van der Waals surface area (Å²) in [4.78, 5) is 16.4. The average Bonchev–Trinajstić information content (AvgIpc) is 2.04. The van der Waals surface area contributed by atoms with Gasteiger partial charge in [0, 0.05) is 20.1 Å². The van der Waals surface area contributed by atoms with E-state index in [1.807, 2.05) is 0 Å². The van der Waals surface area contributed by atoms with Crippen LogP contribution in [0.25, 0.3) is 0 Å². The molecule has 0 aromatic rings. The Kier molecular flexibility index (Phi) is 2.65. The van der Waals surface area contributed by atoms with E-state index >= 15 is 0 Å². The molecule has 0 saturated carbocycles. The van der Waals surface area contributed by atoms with Gasteiger partial charge in [0.2, 0.25) is 0 Å². The van der Waals surface area contributed by atoms with E-state index in [0.717, 1.165) is 13.0 Å². The maximum absolute atomic E-state index is 10.5. The van der Waals surface area contributed by atoms with Gasteiger partial charge >= 0.3 is 5.97 Å². The quantitative estimate of drug-likeness (QED) is 0.566. The van der Waals surface area contributed by atoms with Crippen molar-refractivity contribution in [1.82, 2.24) is 4.90 Å². The van der Waals surface area contributed by atoms with Crippen LogP contribution in [0.4, 0.5) is 0 Å². The molecule has 0 aromatic carbocycles. The number of carboxylic acid groups (broad SMARTS) is 1. The van der Waals surface area contributed by atoms with E-state index in [2.05, 4.69) is 4.99 Å². The van der Waals surface area contributed by atoms with Crippen molar-refractivity contribution in [1.29, 1.82) is 0 Å². The Balaban J connectivity index is 2.71. The highest BCUT2D eigenvalue weighted by atomic mass is 16.4. The van der Waals surface area contributed by atoms with Crippen molar-refractivity contribution in [2.75, 3.05) is 20.1 Å². The Morgan fingerprint density at radius 1 is 1.83 bits per heavy atom. The van der Waals surface area contributed by atoms with E-state index in [-0.39, 0.29) is 0 Å². The summed E-state index contributed by atoms with van der Waals surface area (Å²) in [6.45, 7) is 1.51. The largest absolute Gasteiger partial charge is 0.480 e. The Morgan fingerprint density at radius 3 is 3.00 bits per heavy atom. The molecule has 1 heterocycles. The fourth-order valence-electron chi connectivity index (χ4n) is 1.18. The first-order chi connectivity index (χ1) is 5.63. The van der Waals surface area contributed by atoms with Gasteiger partial charge in [0.25, 0.3) is 0 Å². The van der Waals surface area contributed by atoms with Crippen molar-refractivity contribution in [2.24, 2.45) is 10.7 Å². The number of hydrogen-bond acceptors (Lipinski definition) is 4. The number of nitrogens with two attached hydrogens (primary N) is 1. The van der Waals surface area contributed by atoms with Gasteiger partial charge < -0.3 is 15.7 Å². The van der Waals surface area contributed by atoms with Gasteiger partial charge in [-0.3, -0.25) is 9.79 Å². The first-order valence-corrected chi connectivity index (χ1v) is 3.87. The van der Waals surface area contributed by atoms with Gasteiger partial charge in [0.05, 0.1) is 0 Å². The van der Waals surface area contributed by atoms with Crippen LogP contribution < -0.4 is 5.73 Å². The summed E-state index contributed by atoms with van der Waals surface area (Å²) in [7, 11) is 1.81. The Labute approximate surface area is 70.9 Å². The molecular weight excluding hydrogens is 158 g/mol. The van der Waals surface area contributed by atoms with E-state index in [1.54, 1.807) is 11.9 Å². The van der Waals surface area contributed by atoms with Crippen LogP contribution in [-0.2, 0) is 4.79 Å². The molecule has 12 heavy (non-hydrogen) atoms. The molecule has 1 aliphatic rings. The van der Waals surface area contributed by atoms with Crippen molar-refractivity contribution in [3.8, 4) is 0 Å². The summed E-state index contributed by atoms with van der Waals surface area (Å²) in [6.07, 6.45) is 0.965. The molecule has 1 atom stereocenters. The molecule has 0 bridgehead atoms. The van der Waals surface area contributed by atoms with E-state index in [9.17, 15) is 4.79 Å². The first-order valence-electron chi connectivity index (χ1n) is 3.87. The average molecular weight is 171 g/mol. The summed E-state index contributed by atoms with van der Waals surface area (Å²) < 4.78 is 0. The zero-order valence-corrected chi connectivity index (χ0v) is 7.03. The highest BCUT2D eigenvalue weighted by molar-refractivity contribution is 6.04. The van der Waals surface area contributed by atoms with Gasteiger partial charge in [-0.05, 0) is 6.42 Å². The lowest BCUT2D eigenvalue weighted by Gasteiger charge is -2.26. The lowest BCUT2D eigenvalue weighted by molar-refractivity contribution is -0.137. The molecule has 1 rings (SSSR count). The maximum atomic E-state index is 10.5. The fraction of sp³-hybridized carbons (Fsp3) is 0.714. The minimum atomic E-state index is -1.03. The van der Waals surface area contributed by atoms with Gasteiger partial charge in [-0.15, -0.1) is 0 Å². The van der Waals surface area contributed by atoms with Gasteiger partial charge in [0.1, 0.15) is 5.84 Å². The van der Waals surface area contributed by atoms with Crippen molar-refractivity contribution >= 4 is 11.8 Å². The van der Waals surface area contributed by atoms with E-state index < -0.39 is 12.0 Å². The van der Waals surface area contributed by atoms with Crippen LogP contribution in [0.1, 0.15) is 6.42 Å². The third-order valence-electron chi connectivity index (χ3n) is 1.86. The molecule has 0 fully saturated rings. The second kappa shape index (κ2) is 3.53. The molecule has 0 saturated heterocycles. The number of rotatable bonds is 2. The lowest BCUT2D eigenvalue weighted by Crippen LogP contribution is -2.48. The molecule has 68 valence electrons. The number of likely N-dealkylation sites (N-methyl/N-ethyl adjacent to an activating group) is 1. The number of aliphatic carboxylic acids is 1. The smallest absolute Gasteiger partial charge is 0.328 e. The van der Waals surface area contributed by atoms with Crippen LogP contribution in [0.3, 0.4) is 0 Å². The summed E-state index contributed by atoms with van der Waals surface area (Å²) in [5.41, 5.74) is 5.41. The highest BCUT2D eigenvalue weighted by Gasteiger charge is 2.23. The topological polar surface area (TPSA) is 78.9 Å². The molecule has 1 unspecified atom stereocenters. The monoisotopic (exact) mass is 171 g/mol. The molecule has 5 heteroatoms. The van der Waals surface area contributed by atoms with E-state index in [4.69, 9.17) is 10.8 Å². The van der Waals surface area contributed by atoms with Crippen LogP contribution in [0, 0.1) is 0 Å². The van der Waals surface area contributed by atoms with Gasteiger partial charge in [0.15, 0.2) is 6.04 Å². The number of amidine groups is 1. The predicted octanol–water partition coefficient (Wildman–Crippen LogP) is -0.868. The number of hydrogen-bond donors (Lipinski definition) is 2. The third kappa shape index (κ3) is 1.73. The molecular formula is C7H13N3O2. The molecule has 5 nitrogen and oxygen atoms in total. The zero-order chi connectivity index (χ0) is 9.14. The Hall–Kier alpha value is -1.10. The van der Waals surface area contributed by atoms with Crippen LogP contribution in [0.5, 0.6) is 0 Å². The predicted molar refractivity (Wildman–Crippen MR) is 45.2 cm³/mol. The number of carbonyl (C=O) groups is 1. The highest BCUT2D eigenvalue weighted by Crippen LogP contribution is 2.02. The standard InChI is InChI=1S/C7H13N3O2/c1-10-4-2-3-9-6(10)5(8)7(11)12/h5H,2-4,8H2,1H3,(H,11,12). The van der Waals surface area contributed by atoms with E-state index in [1.165, 1.54) is 0 Å². The molecule has 0 aliphatic carbocycles. The summed E-state index contributed by atoms with van der Waals surface area (Å²) in [5.74, 6) is -0.545. The van der Waals surface area contributed by atoms with Crippen LogP contribution in [0.15, 0.2) is 4.99 Å². The number of aliphatic imine (C=N–C) groups is 1. The first kappa shape index (κ1) is 8.99.